The Labute approximate surface area is 108 Å². The molecule has 1 aliphatic carbocycles. The summed E-state index contributed by atoms with van der Waals surface area (Å²) < 4.78 is 0. The van der Waals surface area contributed by atoms with Crippen LogP contribution in [0.3, 0.4) is 0 Å². The summed E-state index contributed by atoms with van der Waals surface area (Å²) in [5.74, 6) is 0.180. The molecule has 1 fully saturated rings. The maximum absolute atomic E-state index is 11.8. The zero-order valence-electron chi connectivity index (χ0n) is 11.2. The molecule has 0 spiro atoms. The molecular weight excluding hydrogens is 232 g/mol. The van der Waals surface area contributed by atoms with E-state index in [1.165, 1.54) is 0 Å². The van der Waals surface area contributed by atoms with Crippen LogP contribution >= 0.6 is 0 Å². The summed E-state index contributed by atoms with van der Waals surface area (Å²) in [6.07, 6.45) is 3.23. The van der Waals surface area contributed by atoms with Crippen LogP contribution in [-0.2, 0) is 9.59 Å². The largest absolute Gasteiger partial charge is 0.481 e. The number of amides is 1. The van der Waals surface area contributed by atoms with Crippen LogP contribution in [0.15, 0.2) is 0 Å². The SMILES string of the molecule is CC1CCC(NC(=O)C(N)CCC(=O)O)CC1C. The number of carbonyl (C=O) groups excluding carboxylic acids is 1. The predicted octanol–water partition coefficient (Wildman–Crippen LogP) is 1.12. The van der Waals surface area contributed by atoms with Gasteiger partial charge in [-0.1, -0.05) is 13.8 Å². The standard InChI is InChI=1S/C13H24N2O3/c1-8-3-4-10(7-9(8)2)15-13(18)11(14)5-6-12(16)17/h8-11H,3-7,14H2,1-2H3,(H,15,18)(H,16,17). The molecule has 4 N–H and O–H groups in total. The Hall–Kier alpha value is -1.10. The maximum Gasteiger partial charge on any atom is 0.303 e. The van der Waals surface area contributed by atoms with Gasteiger partial charge >= 0.3 is 5.97 Å². The van der Waals surface area contributed by atoms with Crippen LogP contribution in [0.25, 0.3) is 0 Å². The number of rotatable bonds is 5. The minimum absolute atomic E-state index is 0.0628. The molecule has 0 bridgehead atoms. The fourth-order valence-corrected chi connectivity index (χ4v) is 2.40. The number of aliphatic carboxylic acids is 1. The van der Waals surface area contributed by atoms with Crippen LogP contribution in [0.4, 0.5) is 0 Å². The lowest BCUT2D eigenvalue weighted by molar-refractivity contribution is -0.137. The van der Waals surface area contributed by atoms with Crippen LogP contribution in [0.2, 0.25) is 0 Å². The van der Waals surface area contributed by atoms with Gasteiger partial charge in [-0.25, -0.2) is 0 Å². The second kappa shape index (κ2) is 6.73. The van der Waals surface area contributed by atoms with Crippen molar-refractivity contribution in [1.29, 1.82) is 0 Å². The molecule has 0 saturated heterocycles. The van der Waals surface area contributed by atoms with Crippen molar-refractivity contribution in [2.24, 2.45) is 17.6 Å². The molecule has 0 aromatic carbocycles. The van der Waals surface area contributed by atoms with Gasteiger partial charge in [-0.2, -0.15) is 0 Å². The Morgan fingerprint density at radius 1 is 1.33 bits per heavy atom. The van der Waals surface area contributed by atoms with E-state index < -0.39 is 12.0 Å². The highest BCUT2D eigenvalue weighted by Gasteiger charge is 2.26. The molecule has 0 aromatic rings. The first kappa shape index (κ1) is 15.0. The van der Waals surface area contributed by atoms with E-state index in [1.807, 2.05) is 0 Å². The van der Waals surface area contributed by atoms with E-state index in [-0.39, 0.29) is 24.8 Å². The number of nitrogens with two attached hydrogens (primary N) is 1. The molecule has 0 aromatic heterocycles. The molecule has 0 aliphatic heterocycles. The Balaban J connectivity index is 2.33. The van der Waals surface area contributed by atoms with Gasteiger partial charge in [-0.3, -0.25) is 9.59 Å². The van der Waals surface area contributed by atoms with Crippen molar-refractivity contribution in [3.8, 4) is 0 Å². The van der Waals surface area contributed by atoms with Crippen LogP contribution in [0.5, 0.6) is 0 Å². The van der Waals surface area contributed by atoms with E-state index in [0.717, 1.165) is 19.3 Å². The van der Waals surface area contributed by atoms with Gasteiger partial charge in [0.25, 0.3) is 0 Å². The molecule has 1 aliphatic rings. The summed E-state index contributed by atoms with van der Waals surface area (Å²) >= 11 is 0. The molecule has 104 valence electrons. The van der Waals surface area contributed by atoms with Crippen molar-refractivity contribution >= 4 is 11.9 Å². The van der Waals surface area contributed by atoms with E-state index in [9.17, 15) is 9.59 Å². The van der Waals surface area contributed by atoms with E-state index in [2.05, 4.69) is 19.2 Å². The highest BCUT2D eigenvalue weighted by atomic mass is 16.4. The summed E-state index contributed by atoms with van der Waals surface area (Å²) in [4.78, 5) is 22.2. The smallest absolute Gasteiger partial charge is 0.303 e. The van der Waals surface area contributed by atoms with E-state index >= 15 is 0 Å². The minimum Gasteiger partial charge on any atom is -0.481 e. The van der Waals surface area contributed by atoms with Crippen LogP contribution in [-0.4, -0.2) is 29.1 Å². The summed E-state index contributed by atoms with van der Waals surface area (Å²) in [6.45, 7) is 4.44. The highest BCUT2D eigenvalue weighted by Crippen LogP contribution is 2.29. The Kier molecular flexibility index (Phi) is 5.59. The fourth-order valence-electron chi connectivity index (χ4n) is 2.40. The van der Waals surface area contributed by atoms with Gasteiger partial charge in [0.05, 0.1) is 6.04 Å². The second-order valence-corrected chi connectivity index (χ2v) is 5.51. The normalized spacial score (nSPS) is 29.6. The Morgan fingerprint density at radius 3 is 2.56 bits per heavy atom. The molecule has 5 nitrogen and oxygen atoms in total. The van der Waals surface area contributed by atoms with E-state index in [4.69, 9.17) is 10.8 Å². The van der Waals surface area contributed by atoms with Gasteiger partial charge in [0.15, 0.2) is 0 Å². The maximum atomic E-state index is 11.8. The molecule has 0 radical (unpaired) electrons. The summed E-state index contributed by atoms with van der Waals surface area (Å²) in [7, 11) is 0. The second-order valence-electron chi connectivity index (χ2n) is 5.51. The molecule has 4 unspecified atom stereocenters. The van der Waals surface area contributed by atoms with E-state index in [1.54, 1.807) is 0 Å². The highest BCUT2D eigenvalue weighted by molar-refractivity contribution is 5.82. The zero-order valence-corrected chi connectivity index (χ0v) is 11.2. The molecule has 4 atom stereocenters. The molecular formula is C13H24N2O3. The van der Waals surface area contributed by atoms with Gasteiger partial charge in [0, 0.05) is 12.5 Å². The molecule has 1 amide bonds. The molecule has 1 saturated carbocycles. The quantitative estimate of drug-likeness (QED) is 0.687. The average molecular weight is 256 g/mol. The van der Waals surface area contributed by atoms with Crippen molar-refractivity contribution in [2.45, 2.75) is 58.0 Å². The van der Waals surface area contributed by atoms with Crippen molar-refractivity contribution < 1.29 is 14.7 Å². The van der Waals surface area contributed by atoms with Gasteiger partial charge in [-0.05, 0) is 37.5 Å². The third kappa shape index (κ3) is 4.64. The topological polar surface area (TPSA) is 92.4 Å². The molecule has 0 heterocycles. The molecule has 5 heteroatoms. The molecule has 18 heavy (non-hydrogen) atoms. The minimum atomic E-state index is -0.918. The summed E-state index contributed by atoms with van der Waals surface area (Å²) in [6, 6.07) is -0.518. The number of carboxylic acid groups (broad SMARTS) is 1. The van der Waals surface area contributed by atoms with Gasteiger partial charge in [0.1, 0.15) is 0 Å². The predicted molar refractivity (Wildman–Crippen MR) is 69.0 cm³/mol. The van der Waals surface area contributed by atoms with Crippen molar-refractivity contribution in [1.82, 2.24) is 5.32 Å². The Bertz CT molecular complexity index is 307. The van der Waals surface area contributed by atoms with E-state index in [0.29, 0.717) is 11.8 Å². The van der Waals surface area contributed by atoms with Crippen LogP contribution in [0.1, 0.15) is 46.0 Å². The number of hydrogen-bond acceptors (Lipinski definition) is 3. The van der Waals surface area contributed by atoms with Crippen LogP contribution in [0, 0.1) is 11.8 Å². The summed E-state index contributed by atoms with van der Waals surface area (Å²) in [5.41, 5.74) is 5.67. The molecule has 1 rings (SSSR count). The van der Waals surface area contributed by atoms with Gasteiger partial charge in [0.2, 0.25) is 5.91 Å². The van der Waals surface area contributed by atoms with Crippen LogP contribution < -0.4 is 11.1 Å². The monoisotopic (exact) mass is 256 g/mol. The lowest BCUT2D eigenvalue weighted by Gasteiger charge is -2.33. The first-order chi connectivity index (χ1) is 8.40. The number of hydrogen-bond donors (Lipinski definition) is 3. The fraction of sp³-hybridized carbons (Fsp3) is 0.846. The lowest BCUT2D eigenvalue weighted by atomic mass is 9.79. The van der Waals surface area contributed by atoms with Crippen molar-refractivity contribution in [3.05, 3.63) is 0 Å². The number of carboxylic acids is 1. The first-order valence-corrected chi connectivity index (χ1v) is 6.68. The number of nitrogens with one attached hydrogen (secondary N) is 1. The lowest BCUT2D eigenvalue weighted by Crippen LogP contribution is -2.47. The van der Waals surface area contributed by atoms with Crippen molar-refractivity contribution in [2.75, 3.05) is 0 Å². The zero-order chi connectivity index (χ0) is 13.7. The first-order valence-electron chi connectivity index (χ1n) is 6.68. The summed E-state index contributed by atoms with van der Waals surface area (Å²) in [5, 5.41) is 11.5. The third-order valence-electron chi connectivity index (χ3n) is 3.95. The average Bonchev–Trinajstić information content (AvgIpc) is 2.30. The Morgan fingerprint density at radius 2 is 2.00 bits per heavy atom. The van der Waals surface area contributed by atoms with Crippen molar-refractivity contribution in [3.63, 3.8) is 0 Å². The number of carbonyl (C=O) groups is 2. The van der Waals surface area contributed by atoms with Gasteiger partial charge in [-0.15, -0.1) is 0 Å². The van der Waals surface area contributed by atoms with Gasteiger partial charge < -0.3 is 16.2 Å². The third-order valence-corrected chi connectivity index (χ3v) is 3.95.